The number of nitriles is 1. The van der Waals surface area contributed by atoms with Crippen molar-refractivity contribution >= 4 is 22.2 Å². The summed E-state index contributed by atoms with van der Waals surface area (Å²) in [4.78, 5) is 13.1. The third kappa shape index (κ3) is 2.09. The van der Waals surface area contributed by atoms with Crippen LogP contribution in [0.2, 0.25) is 0 Å². The molecular weight excluding hydrogens is 296 g/mol. The van der Waals surface area contributed by atoms with Crippen molar-refractivity contribution in [1.29, 1.82) is 5.26 Å². The van der Waals surface area contributed by atoms with Crippen molar-refractivity contribution in [1.82, 2.24) is 4.40 Å². The normalized spacial score (nSPS) is 10.8. The molecule has 24 heavy (non-hydrogen) atoms. The average Bonchev–Trinajstić information content (AvgIpc) is 3.09. The van der Waals surface area contributed by atoms with Crippen LogP contribution >= 0.6 is 0 Å². The first-order chi connectivity index (χ1) is 11.7. The van der Waals surface area contributed by atoms with Gasteiger partial charge in [-0.3, -0.25) is 4.79 Å². The van der Waals surface area contributed by atoms with Gasteiger partial charge in [-0.1, -0.05) is 30.3 Å². The van der Waals surface area contributed by atoms with Gasteiger partial charge >= 0.3 is 0 Å². The second-order valence-corrected chi connectivity index (χ2v) is 5.86. The van der Waals surface area contributed by atoms with E-state index in [2.05, 4.69) is 12.1 Å². The Labute approximate surface area is 139 Å². The molecule has 4 rings (SSSR count). The number of nitrogens with zero attached hydrogens (tertiary/aromatic N) is 2. The lowest BCUT2D eigenvalue weighted by molar-refractivity contribution is 0.104. The molecule has 3 nitrogen and oxygen atoms in total. The van der Waals surface area contributed by atoms with E-state index < -0.39 is 0 Å². The van der Waals surface area contributed by atoms with Gasteiger partial charge in [-0.2, -0.15) is 5.26 Å². The molecule has 0 fully saturated rings. The number of pyridine rings is 1. The lowest BCUT2D eigenvalue weighted by Crippen LogP contribution is -2.06. The Kier molecular flexibility index (Phi) is 3.18. The number of aryl methyl sites for hydroxylation is 1. The van der Waals surface area contributed by atoms with Gasteiger partial charge in [-0.05, 0) is 42.8 Å². The van der Waals surface area contributed by atoms with Gasteiger partial charge < -0.3 is 4.40 Å². The quantitative estimate of drug-likeness (QED) is 0.512. The predicted octanol–water partition coefficient (Wildman–Crippen LogP) is 4.50. The molecule has 0 aliphatic carbocycles. The molecule has 0 atom stereocenters. The summed E-state index contributed by atoms with van der Waals surface area (Å²) in [6.07, 6.45) is 1.95. The third-order valence-corrected chi connectivity index (χ3v) is 4.33. The second kappa shape index (κ2) is 5.36. The summed E-state index contributed by atoms with van der Waals surface area (Å²) in [5.41, 5.74) is 4.61. The third-order valence-electron chi connectivity index (χ3n) is 4.33. The minimum atomic E-state index is -0.0710. The van der Waals surface area contributed by atoms with Gasteiger partial charge in [0.05, 0.1) is 17.1 Å². The molecule has 4 aromatic rings. The fraction of sp³-hybridized carbons (Fsp3) is 0.0476. The highest BCUT2D eigenvalue weighted by Gasteiger charge is 2.17. The molecule has 2 heterocycles. The van der Waals surface area contributed by atoms with Crippen LogP contribution in [0.5, 0.6) is 0 Å². The Balaban J connectivity index is 2.14. The van der Waals surface area contributed by atoms with Crippen molar-refractivity contribution in [2.45, 2.75) is 6.92 Å². The number of hydrogen-bond donors (Lipinski definition) is 0. The van der Waals surface area contributed by atoms with E-state index >= 15 is 0 Å². The van der Waals surface area contributed by atoms with Crippen molar-refractivity contribution < 1.29 is 4.79 Å². The maximum atomic E-state index is 13.1. The molecular formula is C21H14N2O. The Morgan fingerprint density at radius 2 is 1.83 bits per heavy atom. The van der Waals surface area contributed by atoms with E-state index in [-0.39, 0.29) is 5.78 Å². The number of fused-ring (bicyclic) bond motifs is 3. The molecule has 0 bridgehead atoms. The first-order valence-corrected chi connectivity index (χ1v) is 7.73. The lowest BCUT2D eigenvalue weighted by Gasteiger charge is -2.12. The monoisotopic (exact) mass is 310 g/mol. The van der Waals surface area contributed by atoms with Crippen LogP contribution in [0.3, 0.4) is 0 Å². The van der Waals surface area contributed by atoms with Gasteiger partial charge in [0.25, 0.3) is 0 Å². The standard InChI is InChI=1S/C21H14N2O/c1-14-10-17-8-5-9-23(17)20-18(14)11-15(13-22)12-19(20)21(24)16-6-3-2-4-7-16/h2-12H,1H3. The van der Waals surface area contributed by atoms with Crippen molar-refractivity contribution in [3.8, 4) is 6.07 Å². The highest BCUT2D eigenvalue weighted by atomic mass is 16.1. The average molecular weight is 310 g/mol. The van der Waals surface area contributed by atoms with Crippen molar-refractivity contribution in [3.63, 3.8) is 0 Å². The summed E-state index contributed by atoms with van der Waals surface area (Å²) in [7, 11) is 0. The van der Waals surface area contributed by atoms with Crippen molar-refractivity contribution in [2.75, 3.05) is 0 Å². The Morgan fingerprint density at radius 1 is 1.04 bits per heavy atom. The fourth-order valence-corrected chi connectivity index (χ4v) is 3.19. The van der Waals surface area contributed by atoms with Crippen LogP contribution in [0.4, 0.5) is 0 Å². The number of benzene rings is 2. The Hall–Kier alpha value is -3.38. The number of rotatable bonds is 2. The minimum absolute atomic E-state index is 0.0710. The lowest BCUT2D eigenvalue weighted by atomic mass is 9.96. The summed E-state index contributed by atoms with van der Waals surface area (Å²) in [5.74, 6) is -0.0710. The number of hydrogen-bond acceptors (Lipinski definition) is 2. The summed E-state index contributed by atoms with van der Waals surface area (Å²) in [6.45, 7) is 2.01. The van der Waals surface area contributed by atoms with E-state index in [1.807, 2.05) is 53.9 Å². The number of ketones is 1. The molecule has 0 N–H and O–H groups in total. The molecule has 0 amide bonds. The van der Waals surface area contributed by atoms with E-state index in [9.17, 15) is 10.1 Å². The summed E-state index contributed by atoms with van der Waals surface area (Å²) in [6, 6.07) is 20.9. The highest BCUT2D eigenvalue weighted by Crippen LogP contribution is 2.28. The van der Waals surface area contributed by atoms with E-state index in [0.717, 1.165) is 22.0 Å². The predicted molar refractivity (Wildman–Crippen MR) is 94.2 cm³/mol. The molecule has 2 aromatic carbocycles. The topological polar surface area (TPSA) is 45.3 Å². The van der Waals surface area contributed by atoms with Gasteiger partial charge in [0.1, 0.15) is 0 Å². The molecule has 3 heteroatoms. The van der Waals surface area contributed by atoms with E-state index in [0.29, 0.717) is 16.7 Å². The van der Waals surface area contributed by atoms with Crippen molar-refractivity contribution in [2.24, 2.45) is 0 Å². The zero-order valence-corrected chi connectivity index (χ0v) is 13.2. The zero-order chi connectivity index (χ0) is 16.7. The molecule has 0 radical (unpaired) electrons. The van der Waals surface area contributed by atoms with E-state index in [1.165, 1.54) is 0 Å². The van der Waals surface area contributed by atoms with Crippen molar-refractivity contribution in [3.05, 3.63) is 89.1 Å². The molecule has 0 aliphatic rings. The van der Waals surface area contributed by atoms with E-state index in [1.54, 1.807) is 18.2 Å². The van der Waals surface area contributed by atoms with E-state index in [4.69, 9.17) is 0 Å². The Morgan fingerprint density at radius 3 is 2.58 bits per heavy atom. The largest absolute Gasteiger partial charge is 0.316 e. The first-order valence-electron chi connectivity index (χ1n) is 7.73. The second-order valence-electron chi connectivity index (χ2n) is 5.86. The van der Waals surface area contributed by atoms with Gasteiger partial charge in [0.15, 0.2) is 5.78 Å². The van der Waals surface area contributed by atoms with Crippen LogP contribution in [-0.2, 0) is 0 Å². The number of carbonyl (C=O) groups is 1. The fourth-order valence-electron chi connectivity index (χ4n) is 3.19. The van der Waals surface area contributed by atoms with Gasteiger partial charge in [-0.15, -0.1) is 0 Å². The van der Waals surface area contributed by atoms with Crippen LogP contribution < -0.4 is 0 Å². The van der Waals surface area contributed by atoms with Crippen LogP contribution in [0.1, 0.15) is 27.0 Å². The van der Waals surface area contributed by atoms with Gasteiger partial charge in [0.2, 0.25) is 0 Å². The molecule has 2 aromatic heterocycles. The number of aromatic nitrogens is 1. The minimum Gasteiger partial charge on any atom is -0.316 e. The maximum absolute atomic E-state index is 13.1. The molecule has 114 valence electrons. The maximum Gasteiger partial charge on any atom is 0.195 e. The smallest absolute Gasteiger partial charge is 0.195 e. The van der Waals surface area contributed by atoms with Gasteiger partial charge in [0, 0.05) is 28.2 Å². The van der Waals surface area contributed by atoms with Crippen LogP contribution in [0.25, 0.3) is 16.4 Å². The highest BCUT2D eigenvalue weighted by molar-refractivity contribution is 6.16. The molecule has 0 saturated heterocycles. The van der Waals surface area contributed by atoms with Crippen LogP contribution in [-0.4, -0.2) is 10.2 Å². The SMILES string of the molecule is Cc1cc2cccn2c2c(C(=O)c3ccccc3)cc(C#N)cc12. The number of carbonyl (C=O) groups excluding carboxylic acids is 1. The molecule has 0 spiro atoms. The molecule has 0 unspecified atom stereocenters. The van der Waals surface area contributed by atoms with Crippen LogP contribution in [0.15, 0.2) is 66.9 Å². The molecule has 0 aliphatic heterocycles. The Bertz CT molecular complexity index is 1130. The zero-order valence-electron chi connectivity index (χ0n) is 13.2. The summed E-state index contributed by atoms with van der Waals surface area (Å²) < 4.78 is 2.01. The summed E-state index contributed by atoms with van der Waals surface area (Å²) >= 11 is 0. The summed E-state index contributed by atoms with van der Waals surface area (Å²) in [5, 5.41) is 10.3. The first kappa shape index (κ1) is 14.2. The van der Waals surface area contributed by atoms with Gasteiger partial charge in [-0.25, -0.2) is 0 Å². The molecule has 0 saturated carbocycles. The van der Waals surface area contributed by atoms with Crippen LogP contribution in [0, 0.1) is 18.3 Å².